The lowest BCUT2D eigenvalue weighted by Gasteiger charge is -2.20. The highest BCUT2D eigenvalue weighted by Gasteiger charge is 2.25. The van der Waals surface area contributed by atoms with Gasteiger partial charge in [-0.2, -0.15) is 0 Å². The third-order valence-corrected chi connectivity index (χ3v) is 10.8. The smallest absolute Gasteiger partial charge is 0.457 e. The van der Waals surface area contributed by atoms with Crippen LogP contribution in [0.3, 0.4) is 0 Å². The van der Waals surface area contributed by atoms with Gasteiger partial charge in [0.2, 0.25) is 0 Å². The van der Waals surface area contributed by atoms with Crippen molar-refractivity contribution >= 4 is 13.8 Å². The predicted octanol–water partition coefficient (Wildman–Crippen LogP) is 14.9. The number of nitrogens with two attached hydrogens (primary N) is 1. The van der Waals surface area contributed by atoms with Crippen LogP contribution in [0.2, 0.25) is 0 Å². The van der Waals surface area contributed by atoms with E-state index < -0.39 is 13.9 Å². The Balaban J connectivity index is 3.99. The third kappa shape index (κ3) is 46.7. The molecule has 8 nitrogen and oxygen atoms in total. The average molecular weight is 860 g/mol. The molecule has 0 aliphatic heterocycles. The van der Waals surface area contributed by atoms with E-state index in [9.17, 15) is 14.3 Å². The molecule has 60 heavy (non-hydrogen) atoms. The molecule has 0 aromatic carbocycles. The molecule has 346 valence electrons. The molecule has 0 aromatic rings. The number of phosphoric acid groups is 1. The molecule has 2 unspecified atom stereocenters. The minimum absolute atomic E-state index is 0.0888. The molecule has 2 atom stereocenters. The Morgan fingerprint density at radius 3 is 1.40 bits per heavy atom. The second-order valence-electron chi connectivity index (χ2n) is 15.6. The fourth-order valence-electron chi connectivity index (χ4n) is 6.29. The van der Waals surface area contributed by atoms with Gasteiger partial charge in [-0.3, -0.25) is 13.8 Å². The Labute approximate surface area is 368 Å². The lowest BCUT2D eigenvalue weighted by Crippen LogP contribution is -2.28. The Bertz CT molecular complexity index is 1190. The summed E-state index contributed by atoms with van der Waals surface area (Å²) in [5.74, 6) is -0.374. The van der Waals surface area contributed by atoms with Crippen LogP contribution in [0, 0.1) is 0 Å². The molecule has 0 bridgehead atoms. The van der Waals surface area contributed by atoms with Crippen LogP contribution < -0.4 is 5.73 Å². The first-order valence-corrected chi connectivity index (χ1v) is 25.6. The number of phosphoric ester groups is 1. The third-order valence-electron chi connectivity index (χ3n) is 9.80. The first-order valence-electron chi connectivity index (χ1n) is 24.1. The highest BCUT2D eigenvalue weighted by atomic mass is 31.2. The number of esters is 1. The summed E-state index contributed by atoms with van der Waals surface area (Å²) in [5, 5.41) is 0. The van der Waals surface area contributed by atoms with Gasteiger partial charge in [-0.1, -0.05) is 182 Å². The highest BCUT2D eigenvalue weighted by molar-refractivity contribution is 7.47. The van der Waals surface area contributed by atoms with Gasteiger partial charge < -0.3 is 20.1 Å². The van der Waals surface area contributed by atoms with Gasteiger partial charge in [0.05, 0.1) is 19.8 Å². The first kappa shape index (κ1) is 57.7. The summed E-state index contributed by atoms with van der Waals surface area (Å²) in [5.41, 5.74) is 5.37. The molecule has 0 saturated heterocycles. The maximum atomic E-state index is 12.6. The zero-order valence-corrected chi connectivity index (χ0v) is 39.3. The van der Waals surface area contributed by atoms with Crippen LogP contribution >= 0.6 is 7.82 Å². The number of hydrogen-bond donors (Lipinski definition) is 2. The normalized spacial score (nSPS) is 14.1. The van der Waals surface area contributed by atoms with Crippen LogP contribution in [-0.2, 0) is 27.9 Å². The lowest BCUT2D eigenvalue weighted by molar-refractivity contribution is -0.154. The Morgan fingerprint density at radius 1 is 0.517 bits per heavy atom. The molecule has 3 N–H and O–H groups in total. The van der Waals surface area contributed by atoms with E-state index in [2.05, 4.69) is 98.9 Å². The number of hydrogen-bond acceptors (Lipinski definition) is 7. The van der Waals surface area contributed by atoms with E-state index in [0.717, 1.165) is 64.2 Å². The largest absolute Gasteiger partial charge is 0.472 e. The maximum absolute atomic E-state index is 12.6. The zero-order chi connectivity index (χ0) is 43.7. The van der Waals surface area contributed by atoms with E-state index in [4.69, 9.17) is 24.3 Å². The molecule has 0 aliphatic rings. The monoisotopic (exact) mass is 860 g/mol. The fourth-order valence-corrected chi connectivity index (χ4v) is 7.05. The van der Waals surface area contributed by atoms with Crippen LogP contribution in [0.1, 0.15) is 194 Å². The van der Waals surface area contributed by atoms with Gasteiger partial charge in [0.15, 0.2) is 0 Å². The van der Waals surface area contributed by atoms with Crippen molar-refractivity contribution < 1.29 is 32.8 Å². The molecule has 0 aliphatic carbocycles. The first-order chi connectivity index (χ1) is 29.4. The molecule has 0 radical (unpaired) electrons. The molecule has 0 spiro atoms. The van der Waals surface area contributed by atoms with E-state index >= 15 is 0 Å². The van der Waals surface area contributed by atoms with Crippen LogP contribution in [0.15, 0.2) is 85.1 Å². The van der Waals surface area contributed by atoms with E-state index in [1.54, 1.807) is 0 Å². The highest BCUT2D eigenvalue weighted by Crippen LogP contribution is 2.43. The minimum Gasteiger partial charge on any atom is -0.457 e. The average Bonchev–Trinajstić information content (AvgIpc) is 3.24. The molecule has 0 heterocycles. The SMILES string of the molecule is CC/C=C\C/C=C\C/C=C\C/C=C\CCCCC(=O)OC(COCCCCCCCCCCCCC/C=C\C/C=C\C/C=C\CCCCCCC)COP(=O)(O)OCCN. The molecule has 0 rings (SSSR count). The van der Waals surface area contributed by atoms with Crippen molar-refractivity contribution in [1.29, 1.82) is 0 Å². The topological polar surface area (TPSA) is 117 Å². The standard InChI is InChI=1S/C51H90NO7P/c1-3-5-7-9-11-13-15-17-19-20-21-22-23-24-25-26-27-28-29-31-33-35-37-39-41-43-46-56-48-50(49-58-60(54,55)57-47-45-52)59-51(53)44-42-40-38-36-34-32-30-18-16-14-12-10-8-6-4-2/h6,8,12,14-15,17-18,20-21,23-24,30,34,36,50H,3-5,7,9-11,13,16,19,22,25-29,31-33,35,37-49,52H2,1-2H3,(H,54,55)/b8-6-,14-12-,17-15-,21-20-,24-23-,30-18-,36-34-. The van der Waals surface area contributed by atoms with Gasteiger partial charge in [-0.15, -0.1) is 0 Å². The molecule has 0 aromatic heterocycles. The number of carbonyl (C=O) groups excluding carboxylic acids is 1. The minimum atomic E-state index is -4.30. The Kier molecular flexibility index (Phi) is 45.9. The summed E-state index contributed by atoms with van der Waals surface area (Å²) in [4.78, 5) is 22.5. The van der Waals surface area contributed by atoms with Gasteiger partial charge >= 0.3 is 13.8 Å². The summed E-state index contributed by atoms with van der Waals surface area (Å²) in [6, 6.07) is 0. The van der Waals surface area contributed by atoms with Crippen molar-refractivity contribution in [3.05, 3.63) is 85.1 Å². The van der Waals surface area contributed by atoms with Crippen molar-refractivity contribution in [2.24, 2.45) is 5.73 Å². The molecule has 9 heteroatoms. The summed E-state index contributed by atoms with van der Waals surface area (Å²) in [7, 11) is -4.30. The molecule has 0 amide bonds. The Hall–Kier alpha value is -2.32. The van der Waals surface area contributed by atoms with Gasteiger partial charge in [-0.25, -0.2) is 4.57 Å². The number of carbonyl (C=O) groups is 1. The van der Waals surface area contributed by atoms with Crippen molar-refractivity contribution in [3.63, 3.8) is 0 Å². The maximum Gasteiger partial charge on any atom is 0.472 e. The number of rotatable bonds is 45. The summed E-state index contributed by atoms with van der Waals surface area (Å²) in [6.45, 7) is 4.72. The quantitative estimate of drug-likeness (QED) is 0.0269. The molecular formula is C51H90NO7P. The molecular weight excluding hydrogens is 770 g/mol. The van der Waals surface area contributed by atoms with E-state index in [-0.39, 0.29) is 38.8 Å². The van der Waals surface area contributed by atoms with E-state index in [0.29, 0.717) is 13.0 Å². The summed E-state index contributed by atoms with van der Waals surface area (Å²) < 4.78 is 33.5. The lowest BCUT2D eigenvalue weighted by atomic mass is 10.1. The van der Waals surface area contributed by atoms with Crippen molar-refractivity contribution in [3.8, 4) is 0 Å². The van der Waals surface area contributed by atoms with Gasteiger partial charge in [0.25, 0.3) is 0 Å². The predicted molar refractivity (Wildman–Crippen MR) is 256 cm³/mol. The van der Waals surface area contributed by atoms with Gasteiger partial charge in [0, 0.05) is 19.6 Å². The fraction of sp³-hybridized carbons (Fsp3) is 0.706. The van der Waals surface area contributed by atoms with Crippen molar-refractivity contribution in [2.75, 3.05) is 33.0 Å². The summed E-state index contributed by atoms with van der Waals surface area (Å²) >= 11 is 0. The zero-order valence-electron chi connectivity index (χ0n) is 38.4. The van der Waals surface area contributed by atoms with Crippen LogP contribution in [-0.4, -0.2) is 49.9 Å². The van der Waals surface area contributed by atoms with E-state index in [1.165, 1.54) is 103 Å². The summed E-state index contributed by atoms with van der Waals surface area (Å²) in [6.07, 6.45) is 61.9. The van der Waals surface area contributed by atoms with Crippen LogP contribution in [0.5, 0.6) is 0 Å². The van der Waals surface area contributed by atoms with Crippen LogP contribution in [0.25, 0.3) is 0 Å². The second-order valence-corrected chi connectivity index (χ2v) is 17.0. The second kappa shape index (κ2) is 47.7. The molecule has 0 fully saturated rings. The van der Waals surface area contributed by atoms with Gasteiger partial charge in [0.1, 0.15) is 6.10 Å². The van der Waals surface area contributed by atoms with Crippen molar-refractivity contribution in [2.45, 2.75) is 200 Å². The number of allylic oxidation sites excluding steroid dienone is 14. The Morgan fingerprint density at radius 2 is 0.933 bits per heavy atom. The molecule has 0 saturated carbocycles. The number of unbranched alkanes of at least 4 members (excludes halogenated alkanes) is 18. The number of ether oxygens (including phenoxy) is 2. The van der Waals surface area contributed by atoms with Gasteiger partial charge in [-0.05, 0) is 89.9 Å². The van der Waals surface area contributed by atoms with Crippen LogP contribution in [0.4, 0.5) is 0 Å². The van der Waals surface area contributed by atoms with Crippen molar-refractivity contribution in [1.82, 2.24) is 0 Å². The van der Waals surface area contributed by atoms with E-state index in [1.807, 2.05) is 0 Å².